The van der Waals surface area contributed by atoms with Crippen LogP contribution in [0.15, 0.2) is 52.7 Å². The highest BCUT2D eigenvalue weighted by atomic mass is 32.2. The summed E-state index contributed by atoms with van der Waals surface area (Å²) in [6, 6.07) is 12.2. The standard InChI is InChI=1S/C19H18N2O3S2/c1-12-8-9-14(10-13(12)2)16-11-25-19(20-16)21-18(22)15-6-4-5-7-17(15)26(3,23)24/h4-11H,1-3H3,(H,20,21,22). The number of hydrogen-bond donors (Lipinski definition) is 1. The van der Waals surface area contributed by atoms with E-state index in [0.717, 1.165) is 17.5 Å². The van der Waals surface area contributed by atoms with Crippen molar-refractivity contribution in [2.75, 3.05) is 11.6 Å². The van der Waals surface area contributed by atoms with Gasteiger partial charge in [-0.1, -0.05) is 24.3 Å². The molecule has 26 heavy (non-hydrogen) atoms. The Labute approximate surface area is 156 Å². The maximum atomic E-state index is 12.5. The molecule has 0 fully saturated rings. The Morgan fingerprint density at radius 3 is 2.50 bits per heavy atom. The second kappa shape index (κ2) is 7.01. The molecule has 1 aromatic heterocycles. The highest BCUT2D eigenvalue weighted by Crippen LogP contribution is 2.27. The third-order valence-corrected chi connectivity index (χ3v) is 5.97. The number of aryl methyl sites for hydroxylation is 2. The summed E-state index contributed by atoms with van der Waals surface area (Å²) in [5, 5.41) is 4.98. The van der Waals surface area contributed by atoms with E-state index in [1.165, 1.54) is 34.6 Å². The molecule has 1 heterocycles. The van der Waals surface area contributed by atoms with Crippen LogP contribution in [0.4, 0.5) is 5.13 Å². The molecule has 0 saturated carbocycles. The number of rotatable bonds is 4. The molecule has 0 unspecified atom stereocenters. The first-order valence-electron chi connectivity index (χ1n) is 7.89. The van der Waals surface area contributed by atoms with E-state index in [1.54, 1.807) is 12.1 Å². The maximum Gasteiger partial charge on any atom is 0.258 e. The monoisotopic (exact) mass is 386 g/mol. The van der Waals surface area contributed by atoms with Gasteiger partial charge in [-0.05, 0) is 43.2 Å². The van der Waals surface area contributed by atoms with Crippen LogP contribution in [0.25, 0.3) is 11.3 Å². The van der Waals surface area contributed by atoms with Gasteiger partial charge in [0, 0.05) is 17.2 Å². The molecule has 0 aliphatic carbocycles. The van der Waals surface area contributed by atoms with Crippen LogP contribution in [0.1, 0.15) is 21.5 Å². The van der Waals surface area contributed by atoms with Gasteiger partial charge in [0.1, 0.15) is 0 Å². The molecule has 0 aliphatic heterocycles. The molecule has 1 amide bonds. The van der Waals surface area contributed by atoms with Gasteiger partial charge in [-0.2, -0.15) is 0 Å². The van der Waals surface area contributed by atoms with Crippen molar-refractivity contribution in [3.05, 3.63) is 64.5 Å². The number of hydrogen-bond acceptors (Lipinski definition) is 5. The predicted molar refractivity (Wildman–Crippen MR) is 105 cm³/mol. The Bertz CT molecular complexity index is 1090. The van der Waals surface area contributed by atoms with Crippen molar-refractivity contribution in [1.82, 2.24) is 4.98 Å². The van der Waals surface area contributed by atoms with E-state index < -0.39 is 15.7 Å². The second-order valence-corrected chi connectivity index (χ2v) is 8.90. The molecule has 134 valence electrons. The molecule has 0 aliphatic rings. The van der Waals surface area contributed by atoms with Crippen molar-refractivity contribution in [3.63, 3.8) is 0 Å². The van der Waals surface area contributed by atoms with Crippen LogP contribution in [0, 0.1) is 13.8 Å². The summed E-state index contributed by atoms with van der Waals surface area (Å²) in [6.45, 7) is 4.08. The lowest BCUT2D eigenvalue weighted by Gasteiger charge is -2.07. The van der Waals surface area contributed by atoms with Crippen molar-refractivity contribution in [2.45, 2.75) is 18.7 Å². The second-order valence-electron chi connectivity index (χ2n) is 6.06. The third kappa shape index (κ3) is 3.84. The number of sulfone groups is 1. The number of carbonyl (C=O) groups excluding carboxylic acids is 1. The zero-order chi connectivity index (χ0) is 18.9. The van der Waals surface area contributed by atoms with Gasteiger partial charge in [-0.25, -0.2) is 13.4 Å². The number of amides is 1. The number of thiazole rings is 1. The van der Waals surface area contributed by atoms with Gasteiger partial charge in [-0.15, -0.1) is 11.3 Å². The van der Waals surface area contributed by atoms with Crippen molar-refractivity contribution >= 4 is 32.2 Å². The molecule has 0 spiro atoms. The van der Waals surface area contributed by atoms with Gasteiger partial charge in [0.05, 0.1) is 16.2 Å². The Kier molecular flexibility index (Phi) is 4.93. The summed E-state index contributed by atoms with van der Waals surface area (Å²) >= 11 is 1.30. The van der Waals surface area contributed by atoms with Crippen molar-refractivity contribution in [1.29, 1.82) is 0 Å². The molecule has 7 heteroatoms. The molecule has 3 rings (SSSR count). The molecule has 3 aromatic rings. The van der Waals surface area contributed by atoms with E-state index in [4.69, 9.17) is 0 Å². The lowest BCUT2D eigenvalue weighted by molar-refractivity contribution is 0.102. The SMILES string of the molecule is Cc1ccc(-c2csc(NC(=O)c3ccccc3S(C)(=O)=O)n2)cc1C. The lowest BCUT2D eigenvalue weighted by Crippen LogP contribution is -2.15. The van der Waals surface area contributed by atoms with E-state index >= 15 is 0 Å². The summed E-state index contributed by atoms with van der Waals surface area (Å²) in [5.74, 6) is -0.494. The zero-order valence-electron chi connectivity index (χ0n) is 14.6. The van der Waals surface area contributed by atoms with Gasteiger partial charge in [-0.3, -0.25) is 10.1 Å². The average molecular weight is 386 g/mol. The van der Waals surface area contributed by atoms with Crippen LogP contribution in [0.3, 0.4) is 0 Å². The van der Waals surface area contributed by atoms with E-state index in [2.05, 4.69) is 16.4 Å². The fourth-order valence-electron chi connectivity index (χ4n) is 2.51. The maximum absolute atomic E-state index is 12.5. The molecule has 0 atom stereocenters. The van der Waals surface area contributed by atoms with E-state index in [-0.39, 0.29) is 10.5 Å². The Balaban J connectivity index is 1.86. The average Bonchev–Trinajstić information content (AvgIpc) is 3.05. The highest BCUT2D eigenvalue weighted by Gasteiger charge is 2.19. The number of benzene rings is 2. The predicted octanol–water partition coefficient (Wildman–Crippen LogP) is 4.08. The fraction of sp³-hybridized carbons (Fsp3) is 0.158. The minimum absolute atomic E-state index is 0.00318. The number of nitrogens with zero attached hydrogens (tertiary/aromatic N) is 1. The molecule has 1 N–H and O–H groups in total. The highest BCUT2D eigenvalue weighted by molar-refractivity contribution is 7.90. The first kappa shape index (κ1) is 18.3. The summed E-state index contributed by atoms with van der Waals surface area (Å²) in [6.07, 6.45) is 1.08. The molecule has 5 nitrogen and oxygen atoms in total. The number of carbonyl (C=O) groups is 1. The number of anilines is 1. The molecule has 0 saturated heterocycles. The Hall–Kier alpha value is -2.51. The number of nitrogens with one attached hydrogen (secondary N) is 1. The minimum Gasteiger partial charge on any atom is -0.298 e. The number of aromatic nitrogens is 1. The van der Waals surface area contributed by atoms with Gasteiger partial charge < -0.3 is 0 Å². The van der Waals surface area contributed by atoms with E-state index in [1.807, 2.05) is 31.4 Å². The van der Waals surface area contributed by atoms with Crippen molar-refractivity contribution in [2.24, 2.45) is 0 Å². The summed E-state index contributed by atoms with van der Waals surface area (Å²) in [4.78, 5) is 17.0. The van der Waals surface area contributed by atoms with Crippen LogP contribution in [0.5, 0.6) is 0 Å². The van der Waals surface area contributed by atoms with E-state index in [0.29, 0.717) is 5.13 Å². The largest absolute Gasteiger partial charge is 0.298 e. The Morgan fingerprint density at radius 1 is 1.08 bits per heavy atom. The summed E-state index contributed by atoms with van der Waals surface area (Å²) < 4.78 is 23.7. The van der Waals surface area contributed by atoms with Crippen molar-refractivity contribution < 1.29 is 13.2 Å². The topological polar surface area (TPSA) is 76.1 Å². The van der Waals surface area contributed by atoms with Crippen LogP contribution < -0.4 is 5.32 Å². The first-order chi connectivity index (χ1) is 12.3. The fourth-order valence-corrected chi connectivity index (χ4v) is 4.11. The van der Waals surface area contributed by atoms with Gasteiger partial charge >= 0.3 is 0 Å². The lowest BCUT2D eigenvalue weighted by atomic mass is 10.1. The molecule has 2 aromatic carbocycles. The summed E-state index contributed by atoms with van der Waals surface area (Å²) in [7, 11) is -3.50. The third-order valence-electron chi connectivity index (χ3n) is 4.06. The normalized spacial score (nSPS) is 11.3. The molecular weight excluding hydrogens is 368 g/mol. The smallest absolute Gasteiger partial charge is 0.258 e. The van der Waals surface area contributed by atoms with Crippen LogP contribution in [-0.4, -0.2) is 25.6 Å². The van der Waals surface area contributed by atoms with Gasteiger partial charge in [0.2, 0.25) is 0 Å². The van der Waals surface area contributed by atoms with Crippen LogP contribution in [0.2, 0.25) is 0 Å². The zero-order valence-corrected chi connectivity index (χ0v) is 16.2. The molecular formula is C19H18N2O3S2. The van der Waals surface area contributed by atoms with Crippen LogP contribution >= 0.6 is 11.3 Å². The first-order valence-corrected chi connectivity index (χ1v) is 10.7. The van der Waals surface area contributed by atoms with E-state index in [9.17, 15) is 13.2 Å². The van der Waals surface area contributed by atoms with Crippen LogP contribution in [-0.2, 0) is 9.84 Å². The van der Waals surface area contributed by atoms with Gasteiger partial charge in [0.15, 0.2) is 15.0 Å². The summed E-state index contributed by atoms with van der Waals surface area (Å²) in [5.41, 5.74) is 4.22. The molecule has 0 radical (unpaired) electrons. The minimum atomic E-state index is -3.50. The quantitative estimate of drug-likeness (QED) is 0.733. The molecule has 0 bridgehead atoms. The van der Waals surface area contributed by atoms with Gasteiger partial charge in [0.25, 0.3) is 5.91 Å². The van der Waals surface area contributed by atoms with Crippen molar-refractivity contribution in [3.8, 4) is 11.3 Å². The Morgan fingerprint density at radius 2 is 1.81 bits per heavy atom.